The molecule has 1 aromatic carbocycles. The van der Waals surface area contributed by atoms with Gasteiger partial charge in [0, 0.05) is 12.1 Å². The van der Waals surface area contributed by atoms with E-state index in [0.717, 1.165) is 11.1 Å². The minimum absolute atomic E-state index is 0.0300. The van der Waals surface area contributed by atoms with E-state index in [1.807, 2.05) is 13.8 Å². The van der Waals surface area contributed by atoms with Gasteiger partial charge in [-0.3, -0.25) is 14.4 Å². The predicted molar refractivity (Wildman–Crippen MR) is 145 cm³/mol. The van der Waals surface area contributed by atoms with Crippen molar-refractivity contribution in [2.45, 2.75) is 91.3 Å². The molecular weight excluding hydrogens is 506 g/mol. The minimum Gasteiger partial charge on any atom is -0.479 e. The van der Waals surface area contributed by atoms with Crippen molar-refractivity contribution in [2.75, 3.05) is 18.9 Å². The van der Waals surface area contributed by atoms with Gasteiger partial charge in [0.15, 0.2) is 6.10 Å². The maximum Gasteiger partial charge on any atom is 0.332 e. The molecule has 1 aromatic rings. The molecule has 5 N–H and O–H groups in total. The Morgan fingerprint density at radius 3 is 2.41 bits per heavy atom. The van der Waals surface area contributed by atoms with Crippen molar-refractivity contribution in [3.63, 3.8) is 0 Å². The highest BCUT2D eigenvalue weighted by molar-refractivity contribution is 5.95. The number of esters is 1. The highest BCUT2D eigenvalue weighted by Crippen LogP contribution is 2.26. The summed E-state index contributed by atoms with van der Waals surface area (Å²) >= 11 is 0. The molecule has 39 heavy (non-hydrogen) atoms. The van der Waals surface area contributed by atoms with Crippen LogP contribution >= 0.6 is 0 Å². The van der Waals surface area contributed by atoms with E-state index in [0.29, 0.717) is 24.9 Å². The van der Waals surface area contributed by atoms with Crippen LogP contribution in [0.2, 0.25) is 0 Å². The summed E-state index contributed by atoms with van der Waals surface area (Å²) in [4.78, 5) is 48.6. The molecule has 0 spiro atoms. The number of rotatable bonds is 12. The molecule has 0 radical (unpaired) electrons. The van der Waals surface area contributed by atoms with E-state index in [1.54, 1.807) is 46.0 Å². The van der Waals surface area contributed by atoms with Crippen molar-refractivity contribution in [1.82, 2.24) is 10.6 Å². The Bertz CT molecular complexity index is 1020. The quantitative estimate of drug-likeness (QED) is 0.245. The third-order valence-electron chi connectivity index (χ3n) is 6.53. The van der Waals surface area contributed by atoms with E-state index in [4.69, 9.17) is 9.47 Å². The van der Waals surface area contributed by atoms with Gasteiger partial charge in [0.25, 0.3) is 0 Å². The Morgan fingerprint density at radius 2 is 1.82 bits per heavy atom. The number of hydrogen-bond donors (Lipinski definition) is 5. The first kappa shape index (κ1) is 32.2. The maximum absolute atomic E-state index is 12.5. The van der Waals surface area contributed by atoms with Gasteiger partial charge in [-0.1, -0.05) is 19.9 Å². The lowest BCUT2D eigenvalue weighted by Crippen LogP contribution is -2.47. The largest absolute Gasteiger partial charge is 0.479 e. The smallest absolute Gasteiger partial charge is 0.332 e. The zero-order valence-electron chi connectivity index (χ0n) is 23.7. The van der Waals surface area contributed by atoms with Crippen LogP contribution in [0.4, 0.5) is 5.69 Å². The second-order valence-corrected chi connectivity index (χ2v) is 11.3. The lowest BCUT2D eigenvalue weighted by molar-refractivity contribution is -0.166. The molecule has 0 aromatic heterocycles. The van der Waals surface area contributed by atoms with Crippen molar-refractivity contribution >= 4 is 29.4 Å². The average molecular weight is 550 g/mol. The fraction of sp³-hybridized carbons (Fsp3) is 0.643. The van der Waals surface area contributed by atoms with Crippen molar-refractivity contribution in [3.8, 4) is 0 Å². The minimum atomic E-state index is -1.11. The van der Waals surface area contributed by atoms with Crippen LogP contribution in [0.1, 0.15) is 65.0 Å². The molecule has 0 saturated carbocycles. The van der Waals surface area contributed by atoms with Crippen molar-refractivity contribution in [1.29, 1.82) is 0 Å². The van der Waals surface area contributed by atoms with Crippen molar-refractivity contribution in [3.05, 3.63) is 29.3 Å². The standard InChI is InChI=1S/C28H43N3O8/c1-16(2)24(29-6)25(34)30-14-23(33)31-19-9-7-18(15-38-27(37)28(3,4)5)17(11-19)8-10-21-12-20(32)13-22(39-21)26(35)36/h7,9,11,16,20-22,24,29,32H,8,10,12-15H2,1-6H3,(H,30,34)(H,31,33)(H,35,36)/t20?,21-,22?,24?/m0/s1. The van der Waals surface area contributed by atoms with Gasteiger partial charge < -0.3 is 35.6 Å². The number of carbonyl (C=O) groups excluding carboxylic acids is 3. The number of aliphatic hydroxyl groups excluding tert-OH is 1. The maximum atomic E-state index is 12.5. The van der Waals surface area contributed by atoms with Crippen molar-refractivity contribution in [2.24, 2.45) is 11.3 Å². The molecule has 1 aliphatic rings. The topological polar surface area (TPSA) is 163 Å². The normalized spacial score (nSPS) is 20.3. The molecule has 11 heteroatoms. The zero-order chi connectivity index (χ0) is 29.3. The Labute approximate surface area is 230 Å². The first-order chi connectivity index (χ1) is 18.2. The van der Waals surface area contributed by atoms with Gasteiger partial charge >= 0.3 is 11.9 Å². The van der Waals surface area contributed by atoms with Crippen LogP contribution in [0.15, 0.2) is 18.2 Å². The summed E-state index contributed by atoms with van der Waals surface area (Å²) in [5, 5.41) is 27.8. The highest BCUT2D eigenvalue weighted by atomic mass is 16.5. The molecule has 4 atom stereocenters. The summed E-state index contributed by atoms with van der Waals surface area (Å²) < 4.78 is 11.2. The third-order valence-corrected chi connectivity index (χ3v) is 6.53. The number of aliphatic hydroxyl groups is 1. The molecule has 2 amide bonds. The number of carbonyl (C=O) groups is 4. The van der Waals surface area contributed by atoms with Crippen LogP contribution in [0.25, 0.3) is 0 Å². The molecule has 0 bridgehead atoms. The number of anilines is 1. The number of nitrogens with one attached hydrogen (secondary N) is 3. The van der Waals surface area contributed by atoms with Crippen LogP contribution in [0, 0.1) is 11.3 Å². The van der Waals surface area contributed by atoms with Crippen molar-refractivity contribution < 1.29 is 38.9 Å². The first-order valence-electron chi connectivity index (χ1n) is 13.3. The number of aryl methyl sites for hydroxylation is 1. The first-order valence-corrected chi connectivity index (χ1v) is 13.3. The number of carboxylic acid groups (broad SMARTS) is 1. The number of carboxylic acids is 1. The second-order valence-electron chi connectivity index (χ2n) is 11.3. The summed E-state index contributed by atoms with van der Waals surface area (Å²) in [6, 6.07) is 4.79. The van der Waals surface area contributed by atoms with Gasteiger partial charge in [0.05, 0.1) is 30.2 Å². The van der Waals surface area contributed by atoms with Crippen LogP contribution in [-0.2, 0) is 41.7 Å². The Hall–Kier alpha value is -3.02. The van der Waals surface area contributed by atoms with Gasteiger partial charge in [-0.05, 0) is 76.3 Å². The summed E-state index contributed by atoms with van der Waals surface area (Å²) in [5.41, 5.74) is 1.35. The molecule has 1 saturated heterocycles. The second kappa shape index (κ2) is 14.4. The van der Waals surface area contributed by atoms with Gasteiger partial charge in [-0.25, -0.2) is 4.79 Å². The lowest BCUT2D eigenvalue weighted by Gasteiger charge is -2.31. The van der Waals surface area contributed by atoms with E-state index in [1.165, 1.54) is 0 Å². The number of amides is 2. The fourth-order valence-corrected chi connectivity index (χ4v) is 4.34. The molecule has 3 unspecified atom stereocenters. The van der Waals surface area contributed by atoms with E-state index >= 15 is 0 Å². The number of hydrogen-bond acceptors (Lipinski definition) is 8. The summed E-state index contributed by atoms with van der Waals surface area (Å²) in [6.07, 6.45) is -1.07. The SMILES string of the molecule is CNC(C(=O)NCC(=O)Nc1ccc(COC(=O)C(C)(C)C)c(CC[C@H]2CC(O)CC(C(=O)O)O2)c1)C(C)C. The average Bonchev–Trinajstić information content (AvgIpc) is 2.84. The van der Waals surface area contributed by atoms with E-state index < -0.39 is 41.6 Å². The van der Waals surface area contributed by atoms with Gasteiger partial charge in [0.2, 0.25) is 11.8 Å². The molecule has 1 aliphatic heterocycles. The van der Waals surface area contributed by atoms with Gasteiger partial charge in [0.1, 0.15) is 6.61 Å². The monoisotopic (exact) mass is 549 g/mol. The number of likely N-dealkylation sites (N-methyl/N-ethyl adjacent to an activating group) is 1. The number of aliphatic carboxylic acids is 1. The van der Waals surface area contributed by atoms with E-state index in [2.05, 4.69) is 16.0 Å². The summed E-state index contributed by atoms with van der Waals surface area (Å²) in [5.74, 6) is -2.08. The molecule has 1 heterocycles. The molecule has 2 rings (SSSR count). The van der Waals surface area contributed by atoms with Crippen LogP contribution in [0.5, 0.6) is 0 Å². The van der Waals surface area contributed by atoms with Crippen LogP contribution in [-0.4, -0.2) is 71.9 Å². The Kier molecular flexibility index (Phi) is 11.9. The molecule has 11 nitrogen and oxygen atoms in total. The predicted octanol–water partition coefficient (Wildman–Crippen LogP) is 2.00. The number of ether oxygens (including phenoxy) is 2. The molecule has 1 fully saturated rings. The molecule has 218 valence electrons. The molecule has 0 aliphatic carbocycles. The van der Waals surface area contributed by atoms with Crippen LogP contribution in [0.3, 0.4) is 0 Å². The van der Waals surface area contributed by atoms with Crippen LogP contribution < -0.4 is 16.0 Å². The zero-order valence-corrected chi connectivity index (χ0v) is 23.7. The third kappa shape index (κ3) is 10.2. The Balaban J connectivity index is 2.12. The number of benzene rings is 1. The Morgan fingerprint density at radius 1 is 1.13 bits per heavy atom. The van der Waals surface area contributed by atoms with E-state index in [9.17, 15) is 29.4 Å². The molecular formula is C28H43N3O8. The lowest BCUT2D eigenvalue weighted by atomic mass is 9.94. The van der Waals surface area contributed by atoms with E-state index in [-0.39, 0.29) is 37.4 Å². The van der Waals surface area contributed by atoms with Gasteiger partial charge in [-0.15, -0.1) is 0 Å². The summed E-state index contributed by atoms with van der Waals surface area (Å²) in [7, 11) is 1.69. The van der Waals surface area contributed by atoms with Gasteiger partial charge in [-0.2, -0.15) is 0 Å². The summed E-state index contributed by atoms with van der Waals surface area (Å²) in [6.45, 7) is 8.93. The highest BCUT2D eigenvalue weighted by Gasteiger charge is 2.32. The fourth-order valence-electron chi connectivity index (χ4n) is 4.34.